The van der Waals surface area contributed by atoms with E-state index in [9.17, 15) is 9.50 Å². The fraction of sp³-hybridized carbons (Fsp3) is 0.278. The molecule has 2 atom stereocenters. The van der Waals surface area contributed by atoms with Gasteiger partial charge in [-0.05, 0) is 42.3 Å². The summed E-state index contributed by atoms with van der Waals surface area (Å²) >= 11 is 5.69. The highest BCUT2D eigenvalue weighted by Crippen LogP contribution is 2.24. The minimum atomic E-state index is -0.513. The Morgan fingerprint density at radius 1 is 1.25 bits per heavy atom. The Morgan fingerprint density at radius 3 is 2.50 bits per heavy atom. The maximum Gasteiger partial charge on any atom is 0.174 e. The lowest BCUT2D eigenvalue weighted by Gasteiger charge is -2.23. The van der Waals surface area contributed by atoms with Crippen LogP contribution in [0, 0.1) is 17.1 Å². The van der Waals surface area contributed by atoms with Gasteiger partial charge in [0.15, 0.2) is 6.61 Å². The summed E-state index contributed by atoms with van der Waals surface area (Å²) in [5.74, 6) is 0.104. The topological polar surface area (TPSA) is 65.3 Å². The average molecular weight is 349 g/mol. The van der Waals surface area contributed by atoms with Crippen LogP contribution in [-0.4, -0.2) is 18.3 Å². The molecule has 0 saturated carbocycles. The van der Waals surface area contributed by atoms with Crippen molar-refractivity contribution in [2.45, 2.75) is 19.0 Å². The molecule has 0 saturated heterocycles. The van der Waals surface area contributed by atoms with Crippen LogP contribution in [0.2, 0.25) is 5.02 Å². The van der Waals surface area contributed by atoms with E-state index < -0.39 is 11.9 Å². The van der Waals surface area contributed by atoms with Crippen LogP contribution in [0.5, 0.6) is 5.75 Å². The maximum atomic E-state index is 13.6. The molecule has 0 aromatic heterocycles. The lowest BCUT2D eigenvalue weighted by molar-refractivity contribution is 0.235. The third-order valence-electron chi connectivity index (χ3n) is 3.66. The van der Waals surface area contributed by atoms with Gasteiger partial charge in [0.2, 0.25) is 0 Å². The van der Waals surface area contributed by atoms with Crippen molar-refractivity contribution >= 4 is 11.6 Å². The van der Waals surface area contributed by atoms with Crippen molar-refractivity contribution in [1.82, 2.24) is 5.32 Å². The molecule has 24 heavy (non-hydrogen) atoms. The first-order valence-corrected chi connectivity index (χ1v) is 7.84. The Hall–Kier alpha value is -2.13. The number of rotatable bonds is 7. The first-order valence-electron chi connectivity index (χ1n) is 7.46. The van der Waals surface area contributed by atoms with Gasteiger partial charge in [0, 0.05) is 6.04 Å². The Balaban J connectivity index is 2.07. The Kier molecular flexibility index (Phi) is 6.56. The molecule has 0 heterocycles. The van der Waals surface area contributed by atoms with Gasteiger partial charge in [0.1, 0.15) is 17.6 Å². The fourth-order valence-corrected chi connectivity index (χ4v) is 2.47. The zero-order valence-corrected chi connectivity index (χ0v) is 13.9. The van der Waals surface area contributed by atoms with E-state index >= 15 is 0 Å². The van der Waals surface area contributed by atoms with Crippen molar-refractivity contribution in [3.8, 4) is 11.8 Å². The second kappa shape index (κ2) is 8.65. The largest absolute Gasteiger partial charge is 0.479 e. The minimum absolute atomic E-state index is 0.00185. The summed E-state index contributed by atoms with van der Waals surface area (Å²) in [6, 6.07) is 13.2. The van der Waals surface area contributed by atoms with Crippen LogP contribution in [0.3, 0.4) is 0 Å². The van der Waals surface area contributed by atoms with Crippen LogP contribution < -0.4 is 10.1 Å². The molecule has 0 aliphatic rings. The van der Waals surface area contributed by atoms with E-state index in [0.717, 1.165) is 5.56 Å². The van der Waals surface area contributed by atoms with Crippen LogP contribution in [0.1, 0.15) is 30.1 Å². The number of hydrogen-bond donors (Lipinski definition) is 2. The summed E-state index contributed by atoms with van der Waals surface area (Å²) in [7, 11) is 0. The summed E-state index contributed by atoms with van der Waals surface area (Å²) in [6.07, 6.45) is 0. The molecule has 2 rings (SSSR count). The molecule has 4 nitrogen and oxygen atoms in total. The number of aliphatic hydroxyl groups excluding tert-OH is 1. The number of nitriles is 1. The van der Waals surface area contributed by atoms with E-state index in [1.807, 2.05) is 25.1 Å². The predicted octanol–water partition coefficient (Wildman–Crippen LogP) is 3.77. The summed E-state index contributed by atoms with van der Waals surface area (Å²) in [4.78, 5) is 0. The quantitative estimate of drug-likeness (QED) is 0.799. The van der Waals surface area contributed by atoms with Gasteiger partial charge in [-0.1, -0.05) is 29.8 Å². The molecule has 0 radical (unpaired) electrons. The van der Waals surface area contributed by atoms with Gasteiger partial charge in [0.25, 0.3) is 0 Å². The maximum absolute atomic E-state index is 13.6. The van der Waals surface area contributed by atoms with E-state index in [1.165, 1.54) is 12.1 Å². The second-order valence-electron chi connectivity index (χ2n) is 5.31. The van der Waals surface area contributed by atoms with Gasteiger partial charge < -0.3 is 15.2 Å². The Bertz CT molecular complexity index is 716. The van der Waals surface area contributed by atoms with Gasteiger partial charge in [0.05, 0.1) is 17.7 Å². The number of hydrogen-bond acceptors (Lipinski definition) is 4. The zero-order chi connectivity index (χ0) is 17.5. The molecule has 0 fully saturated rings. The Labute approximate surface area is 145 Å². The van der Waals surface area contributed by atoms with Crippen molar-refractivity contribution in [2.24, 2.45) is 0 Å². The molecule has 0 aliphatic carbocycles. The smallest absolute Gasteiger partial charge is 0.174 e. The van der Waals surface area contributed by atoms with E-state index in [1.54, 1.807) is 18.2 Å². The third kappa shape index (κ3) is 4.68. The van der Waals surface area contributed by atoms with Crippen LogP contribution in [0.4, 0.5) is 4.39 Å². The molecule has 0 bridgehead atoms. The molecule has 2 N–H and O–H groups in total. The van der Waals surface area contributed by atoms with Crippen LogP contribution in [0.15, 0.2) is 42.5 Å². The molecule has 2 aromatic rings. The van der Waals surface area contributed by atoms with Gasteiger partial charge in [-0.25, -0.2) is 4.39 Å². The number of benzene rings is 2. The van der Waals surface area contributed by atoms with Crippen molar-refractivity contribution in [1.29, 1.82) is 5.26 Å². The highest BCUT2D eigenvalue weighted by Gasteiger charge is 2.16. The highest BCUT2D eigenvalue weighted by atomic mass is 35.5. The number of halogens is 2. The summed E-state index contributed by atoms with van der Waals surface area (Å²) in [5.41, 5.74) is 1.60. The molecule has 2 unspecified atom stereocenters. The summed E-state index contributed by atoms with van der Waals surface area (Å²) in [6.45, 7) is 1.77. The minimum Gasteiger partial charge on any atom is -0.479 e. The fourth-order valence-electron chi connectivity index (χ4n) is 2.35. The molecule has 126 valence electrons. The van der Waals surface area contributed by atoms with Crippen molar-refractivity contribution in [3.05, 3.63) is 64.4 Å². The molecule has 0 aliphatic heterocycles. The lowest BCUT2D eigenvalue weighted by Crippen LogP contribution is -2.27. The normalized spacial score (nSPS) is 13.1. The van der Waals surface area contributed by atoms with Crippen molar-refractivity contribution < 1.29 is 14.2 Å². The van der Waals surface area contributed by atoms with Crippen LogP contribution >= 0.6 is 11.6 Å². The van der Waals surface area contributed by atoms with E-state index in [-0.39, 0.29) is 24.3 Å². The summed E-state index contributed by atoms with van der Waals surface area (Å²) in [5, 5.41) is 21.4. The average Bonchev–Trinajstić information content (AvgIpc) is 2.60. The number of ether oxygens (including phenoxy) is 1. The molecular weight excluding hydrogens is 331 g/mol. The first-order chi connectivity index (χ1) is 11.5. The third-order valence-corrected chi connectivity index (χ3v) is 3.97. The standard InChI is InChI=1S/C18H18ClFN2O2/c1-12(13-2-5-15(6-3-13)24-9-8-21)22-18(11-23)14-4-7-16(19)17(20)10-14/h2-7,10,12,18,22-23H,9,11H2,1H3. The number of nitrogens with one attached hydrogen (secondary N) is 1. The molecule has 0 amide bonds. The second-order valence-corrected chi connectivity index (χ2v) is 5.72. The highest BCUT2D eigenvalue weighted by molar-refractivity contribution is 6.30. The number of aliphatic hydroxyl groups is 1. The van der Waals surface area contributed by atoms with Crippen molar-refractivity contribution in [2.75, 3.05) is 13.2 Å². The Morgan fingerprint density at radius 2 is 1.92 bits per heavy atom. The van der Waals surface area contributed by atoms with Gasteiger partial charge >= 0.3 is 0 Å². The van der Waals surface area contributed by atoms with Gasteiger partial charge in [-0.15, -0.1) is 0 Å². The van der Waals surface area contributed by atoms with E-state index in [0.29, 0.717) is 11.3 Å². The first kappa shape index (κ1) is 18.2. The van der Waals surface area contributed by atoms with Gasteiger partial charge in [-0.3, -0.25) is 0 Å². The van der Waals surface area contributed by atoms with E-state index in [4.69, 9.17) is 21.6 Å². The summed E-state index contributed by atoms with van der Waals surface area (Å²) < 4.78 is 18.8. The SMILES string of the molecule is CC(NC(CO)c1ccc(Cl)c(F)c1)c1ccc(OCC#N)cc1. The van der Waals surface area contributed by atoms with Crippen molar-refractivity contribution in [3.63, 3.8) is 0 Å². The van der Waals surface area contributed by atoms with Crippen LogP contribution in [0.25, 0.3) is 0 Å². The molecule has 6 heteroatoms. The molecular formula is C18H18ClFN2O2. The zero-order valence-electron chi connectivity index (χ0n) is 13.2. The monoisotopic (exact) mass is 348 g/mol. The van der Waals surface area contributed by atoms with Gasteiger partial charge in [-0.2, -0.15) is 5.26 Å². The van der Waals surface area contributed by atoms with E-state index in [2.05, 4.69) is 5.32 Å². The molecule has 2 aromatic carbocycles. The predicted molar refractivity (Wildman–Crippen MR) is 90.3 cm³/mol. The number of nitrogens with zero attached hydrogens (tertiary/aromatic N) is 1. The lowest BCUT2D eigenvalue weighted by atomic mass is 10.0. The molecule has 0 spiro atoms. The van der Waals surface area contributed by atoms with Crippen LogP contribution in [-0.2, 0) is 0 Å².